The highest BCUT2D eigenvalue weighted by molar-refractivity contribution is 7.17. The standard InChI is InChI=1S/C11H9NO2S.C2H6/c1-7-9(11(13)14)15-10(12-7)8-5-3-2-4-6-8;1-2/h2-6H,1H3,(H,13,14);1-2H3. The van der Waals surface area contributed by atoms with E-state index < -0.39 is 5.97 Å². The number of aromatic nitrogens is 1. The van der Waals surface area contributed by atoms with E-state index in [1.807, 2.05) is 44.2 Å². The number of thiazole rings is 1. The van der Waals surface area contributed by atoms with Crippen molar-refractivity contribution in [3.05, 3.63) is 40.9 Å². The summed E-state index contributed by atoms with van der Waals surface area (Å²) in [4.78, 5) is 15.4. The molecule has 1 N–H and O–H groups in total. The predicted octanol–water partition coefficient (Wildman–Crippen LogP) is 3.84. The maximum atomic E-state index is 10.8. The first-order valence-electron chi connectivity index (χ1n) is 5.44. The molecule has 0 atom stereocenters. The first-order valence-corrected chi connectivity index (χ1v) is 6.26. The quantitative estimate of drug-likeness (QED) is 0.879. The van der Waals surface area contributed by atoms with Gasteiger partial charge in [0.1, 0.15) is 9.88 Å². The van der Waals surface area contributed by atoms with Gasteiger partial charge < -0.3 is 5.11 Å². The second-order valence-corrected chi connectivity index (χ2v) is 4.10. The number of hydrogen-bond donors (Lipinski definition) is 1. The summed E-state index contributed by atoms with van der Waals surface area (Å²) in [5.41, 5.74) is 1.53. The Hall–Kier alpha value is -1.68. The molecule has 90 valence electrons. The molecule has 0 spiro atoms. The van der Waals surface area contributed by atoms with E-state index in [-0.39, 0.29) is 0 Å². The van der Waals surface area contributed by atoms with Gasteiger partial charge in [-0.05, 0) is 6.92 Å². The minimum absolute atomic E-state index is 0.314. The molecule has 0 radical (unpaired) electrons. The van der Waals surface area contributed by atoms with E-state index in [0.29, 0.717) is 10.6 Å². The predicted molar refractivity (Wildman–Crippen MR) is 70.6 cm³/mol. The fraction of sp³-hybridized carbons (Fsp3) is 0.231. The number of carboxylic acids is 1. The summed E-state index contributed by atoms with van der Waals surface area (Å²) < 4.78 is 0. The Labute approximate surface area is 105 Å². The van der Waals surface area contributed by atoms with Crippen LogP contribution in [0.1, 0.15) is 29.2 Å². The monoisotopic (exact) mass is 249 g/mol. The third-order valence-corrected chi connectivity index (χ3v) is 3.21. The van der Waals surface area contributed by atoms with E-state index >= 15 is 0 Å². The van der Waals surface area contributed by atoms with Crippen LogP contribution in [0, 0.1) is 6.92 Å². The first kappa shape index (κ1) is 13.4. The number of aryl methyl sites for hydroxylation is 1. The second kappa shape index (κ2) is 6.15. The number of aromatic carboxylic acids is 1. The Kier molecular flexibility index (Phi) is 4.84. The molecular weight excluding hydrogens is 234 g/mol. The zero-order chi connectivity index (χ0) is 12.8. The van der Waals surface area contributed by atoms with Gasteiger partial charge in [-0.2, -0.15) is 0 Å². The number of benzene rings is 1. The molecule has 0 unspecified atom stereocenters. The van der Waals surface area contributed by atoms with Gasteiger partial charge in [-0.25, -0.2) is 9.78 Å². The van der Waals surface area contributed by atoms with Gasteiger partial charge in [0.05, 0.1) is 5.69 Å². The van der Waals surface area contributed by atoms with Crippen LogP contribution >= 0.6 is 11.3 Å². The van der Waals surface area contributed by atoms with Crippen molar-refractivity contribution < 1.29 is 9.90 Å². The van der Waals surface area contributed by atoms with Gasteiger partial charge in [-0.1, -0.05) is 44.2 Å². The number of hydrogen-bond acceptors (Lipinski definition) is 3. The summed E-state index contributed by atoms with van der Waals surface area (Å²) in [5, 5.41) is 9.65. The summed E-state index contributed by atoms with van der Waals surface area (Å²) >= 11 is 1.21. The van der Waals surface area contributed by atoms with Crippen LogP contribution < -0.4 is 0 Å². The molecule has 0 aliphatic rings. The highest BCUT2D eigenvalue weighted by atomic mass is 32.1. The van der Waals surface area contributed by atoms with Crippen molar-refractivity contribution in [2.45, 2.75) is 20.8 Å². The normalized spacial score (nSPS) is 9.35. The van der Waals surface area contributed by atoms with E-state index in [4.69, 9.17) is 5.11 Å². The van der Waals surface area contributed by atoms with Crippen LogP contribution in [0.2, 0.25) is 0 Å². The Bertz CT molecular complexity index is 491. The SMILES string of the molecule is CC.Cc1nc(-c2ccccc2)sc1C(=O)O. The minimum atomic E-state index is -0.910. The van der Waals surface area contributed by atoms with Crippen LogP contribution in [0.15, 0.2) is 30.3 Å². The summed E-state index contributed by atoms with van der Waals surface area (Å²) in [5.74, 6) is -0.910. The van der Waals surface area contributed by atoms with Crippen LogP contribution in [0.25, 0.3) is 10.6 Å². The number of nitrogens with zero attached hydrogens (tertiary/aromatic N) is 1. The molecule has 0 aliphatic heterocycles. The zero-order valence-electron chi connectivity index (χ0n) is 10.1. The largest absolute Gasteiger partial charge is 0.477 e. The van der Waals surface area contributed by atoms with Crippen LogP contribution in [-0.2, 0) is 0 Å². The molecule has 0 aliphatic carbocycles. The summed E-state index contributed by atoms with van der Waals surface area (Å²) in [6, 6.07) is 9.58. The Morgan fingerprint density at radius 1 is 1.24 bits per heavy atom. The molecule has 0 fully saturated rings. The lowest BCUT2D eigenvalue weighted by molar-refractivity contribution is 0.0701. The van der Waals surface area contributed by atoms with E-state index in [0.717, 1.165) is 10.6 Å². The molecule has 1 heterocycles. The molecule has 0 saturated heterocycles. The van der Waals surface area contributed by atoms with Crippen molar-refractivity contribution in [1.82, 2.24) is 4.98 Å². The molecule has 2 rings (SSSR count). The van der Waals surface area contributed by atoms with E-state index in [9.17, 15) is 4.79 Å². The van der Waals surface area contributed by atoms with Gasteiger partial charge in [-0.3, -0.25) is 0 Å². The molecular formula is C13H15NO2S. The highest BCUT2D eigenvalue weighted by Crippen LogP contribution is 2.27. The highest BCUT2D eigenvalue weighted by Gasteiger charge is 2.14. The fourth-order valence-electron chi connectivity index (χ4n) is 1.30. The molecule has 17 heavy (non-hydrogen) atoms. The van der Waals surface area contributed by atoms with Gasteiger partial charge >= 0.3 is 5.97 Å². The summed E-state index contributed by atoms with van der Waals surface area (Å²) in [7, 11) is 0. The third-order valence-electron chi connectivity index (χ3n) is 2.01. The van der Waals surface area contributed by atoms with Crippen molar-refractivity contribution in [2.75, 3.05) is 0 Å². The number of carboxylic acid groups (broad SMARTS) is 1. The maximum absolute atomic E-state index is 10.8. The average Bonchev–Trinajstić information content (AvgIpc) is 2.75. The fourth-order valence-corrected chi connectivity index (χ4v) is 2.21. The summed E-state index contributed by atoms with van der Waals surface area (Å²) in [6.45, 7) is 5.71. The summed E-state index contributed by atoms with van der Waals surface area (Å²) in [6.07, 6.45) is 0. The molecule has 3 nitrogen and oxygen atoms in total. The lowest BCUT2D eigenvalue weighted by Gasteiger charge is -1.92. The topological polar surface area (TPSA) is 50.2 Å². The molecule has 1 aromatic heterocycles. The van der Waals surface area contributed by atoms with Gasteiger partial charge in [0.2, 0.25) is 0 Å². The van der Waals surface area contributed by atoms with Crippen LogP contribution in [0.4, 0.5) is 0 Å². The van der Waals surface area contributed by atoms with Crippen molar-refractivity contribution in [3.8, 4) is 10.6 Å². The molecule has 1 aromatic carbocycles. The number of carbonyl (C=O) groups is 1. The van der Waals surface area contributed by atoms with Crippen molar-refractivity contribution in [1.29, 1.82) is 0 Å². The van der Waals surface area contributed by atoms with E-state index in [1.165, 1.54) is 11.3 Å². The zero-order valence-corrected chi connectivity index (χ0v) is 10.9. The van der Waals surface area contributed by atoms with Crippen molar-refractivity contribution in [3.63, 3.8) is 0 Å². The van der Waals surface area contributed by atoms with Gasteiger partial charge in [0, 0.05) is 5.56 Å². The Morgan fingerprint density at radius 3 is 2.29 bits per heavy atom. The van der Waals surface area contributed by atoms with E-state index in [2.05, 4.69) is 4.98 Å². The minimum Gasteiger partial charge on any atom is -0.477 e. The third kappa shape index (κ3) is 3.14. The van der Waals surface area contributed by atoms with Gasteiger partial charge in [-0.15, -0.1) is 11.3 Å². The molecule has 4 heteroatoms. The Morgan fingerprint density at radius 2 is 1.82 bits per heavy atom. The van der Waals surface area contributed by atoms with Crippen molar-refractivity contribution in [2.24, 2.45) is 0 Å². The lowest BCUT2D eigenvalue weighted by Crippen LogP contribution is -1.94. The van der Waals surface area contributed by atoms with Crippen LogP contribution in [0.3, 0.4) is 0 Å². The Balaban J connectivity index is 0.000000686. The molecule has 0 amide bonds. The molecule has 0 saturated carbocycles. The molecule has 0 bridgehead atoms. The second-order valence-electron chi connectivity index (χ2n) is 3.10. The van der Waals surface area contributed by atoms with Crippen molar-refractivity contribution >= 4 is 17.3 Å². The van der Waals surface area contributed by atoms with E-state index in [1.54, 1.807) is 6.92 Å². The number of rotatable bonds is 2. The first-order chi connectivity index (χ1) is 8.18. The maximum Gasteiger partial charge on any atom is 0.347 e. The smallest absolute Gasteiger partial charge is 0.347 e. The van der Waals surface area contributed by atoms with Gasteiger partial charge in [0.15, 0.2) is 0 Å². The van der Waals surface area contributed by atoms with Gasteiger partial charge in [0.25, 0.3) is 0 Å². The van der Waals surface area contributed by atoms with Crippen LogP contribution in [0.5, 0.6) is 0 Å². The lowest BCUT2D eigenvalue weighted by atomic mass is 10.2. The van der Waals surface area contributed by atoms with Crippen LogP contribution in [-0.4, -0.2) is 16.1 Å². The average molecular weight is 249 g/mol. The molecule has 2 aromatic rings.